The molecule has 1 rings (SSSR count). The highest BCUT2D eigenvalue weighted by atomic mass is 35.5. The molecule has 140 valence electrons. The van der Waals surface area contributed by atoms with E-state index in [0.717, 1.165) is 5.56 Å². The number of carbonyl (C=O) groups excluding carboxylic acids is 1. The third-order valence-corrected chi connectivity index (χ3v) is 4.28. The molecule has 0 radical (unpaired) electrons. The number of halogens is 3. The number of nitrogens with one attached hydrogen (secondary N) is 1. The molecule has 0 spiro atoms. The van der Waals surface area contributed by atoms with Gasteiger partial charge in [-0.1, -0.05) is 19.9 Å². The van der Waals surface area contributed by atoms with E-state index in [1.54, 1.807) is 12.1 Å². The third-order valence-electron chi connectivity index (χ3n) is 4.28. The molecule has 0 unspecified atom stereocenters. The standard InChI is InChI=1S/C17H28FN3O.2ClH/c1-5-17(6-2,12-19)16(22)20-10-13-7-8-15(18)14(9-13)11-21(3)4;;/h7-9H,5-6,10-12,19H2,1-4H3,(H,20,22);2*1H. The molecule has 0 aliphatic heterocycles. The van der Waals surface area contributed by atoms with Crippen LogP contribution in [0.15, 0.2) is 18.2 Å². The van der Waals surface area contributed by atoms with E-state index in [1.807, 2.05) is 32.8 Å². The quantitative estimate of drug-likeness (QED) is 0.727. The average Bonchev–Trinajstić information content (AvgIpc) is 2.50. The Labute approximate surface area is 157 Å². The molecule has 24 heavy (non-hydrogen) atoms. The fourth-order valence-corrected chi connectivity index (χ4v) is 2.52. The zero-order valence-corrected chi connectivity index (χ0v) is 16.5. The van der Waals surface area contributed by atoms with Gasteiger partial charge in [-0.2, -0.15) is 0 Å². The molecule has 3 N–H and O–H groups in total. The Kier molecular flexibility index (Phi) is 12.3. The lowest BCUT2D eigenvalue weighted by Gasteiger charge is -2.28. The molecule has 0 aliphatic rings. The van der Waals surface area contributed by atoms with Gasteiger partial charge in [0.1, 0.15) is 5.82 Å². The molecular formula is C17H30Cl2FN3O. The van der Waals surface area contributed by atoms with Crippen LogP contribution in [0.1, 0.15) is 37.8 Å². The first-order valence-corrected chi connectivity index (χ1v) is 7.79. The van der Waals surface area contributed by atoms with Crippen molar-refractivity contribution in [2.24, 2.45) is 11.1 Å². The Morgan fingerprint density at radius 2 is 1.83 bits per heavy atom. The van der Waals surface area contributed by atoms with Gasteiger partial charge >= 0.3 is 0 Å². The molecule has 0 saturated heterocycles. The van der Waals surface area contributed by atoms with E-state index in [4.69, 9.17) is 5.73 Å². The van der Waals surface area contributed by atoms with E-state index >= 15 is 0 Å². The number of hydrogen-bond acceptors (Lipinski definition) is 3. The third kappa shape index (κ3) is 6.55. The number of amides is 1. The first-order chi connectivity index (χ1) is 10.4. The Morgan fingerprint density at radius 1 is 1.25 bits per heavy atom. The summed E-state index contributed by atoms with van der Waals surface area (Å²) in [4.78, 5) is 14.3. The van der Waals surface area contributed by atoms with E-state index in [1.165, 1.54) is 6.07 Å². The van der Waals surface area contributed by atoms with E-state index in [0.29, 0.717) is 38.0 Å². The van der Waals surface area contributed by atoms with Crippen molar-refractivity contribution in [1.82, 2.24) is 10.2 Å². The summed E-state index contributed by atoms with van der Waals surface area (Å²) in [5.41, 5.74) is 6.80. The van der Waals surface area contributed by atoms with Gasteiger partial charge in [0.15, 0.2) is 0 Å². The van der Waals surface area contributed by atoms with Crippen molar-refractivity contribution in [3.8, 4) is 0 Å². The molecule has 1 amide bonds. The lowest BCUT2D eigenvalue weighted by Crippen LogP contribution is -2.45. The summed E-state index contributed by atoms with van der Waals surface area (Å²) in [6, 6.07) is 4.96. The lowest BCUT2D eigenvalue weighted by atomic mass is 9.81. The minimum absolute atomic E-state index is 0. The van der Waals surface area contributed by atoms with Crippen LogP contribution in [0.5, 0.6) is 0 Å². The van der Waals surface area contributed by atoms with Gasteiger partial charge < -0.3 is 16.0 Å². The van der Waals surface area contributed by atoms with Crippen LogP contribution in [-0.4, -0.2) is 31.4 Å². The Hall–Kier alpha value is -0.880. The number of nitrogens with two attached hydrogens (primary N) is 1. The SMILES string of the molecule is CCC(CC)(CN)C(=O)NCc1ccc(F)c(CN(C)C)c1.Cl.Cl. The van der Waals surface area contributed by atoms with E-state index in [-0.39, 0.29) is 36.5 Å². The van der Waals surface area contributed by atoms with Crippen LogP contribution < -0.4 is 11.1 Å². The minimum atomic E-state index is -0.507. The monoisotopic (exact) mass is 381 g/mol. The lowest BCUT2D eigenvalue weighted by molar-refractivity contribution is -0.131. The molecule has 0 aromatic heterocycles. The van der Waals surface area contributed by atoms with Gasteiger partial charge in [-0.15, -0.1) is 24.8 Å². The van der Waals surface area contributed by atoms with Gasteiger partial charge in [0, 0.05) is 25.2 Å². The smallest absolute Gasteiger partial charge is 0.227 e. The minimum Gasteiger partial charge on any atom is -0.352 e. The highest BCUT2D eigenvalue weighted by Gasteiger charge is 2.32. The van der Waals surface area contributed by atoms with Crippen molar-refractivity contribution < 1.29 is 9.18 Å². The predicted molar refractivity (Wildman–Crippen MR) is 102 cm³/mol. The summed E-state index contributed by atoms with van der Waals surface area (Å²) < 4.78 is 13.8. The summed E-state index contributed by atoms with van der Waals surface area (Å²) in [5, 5.41) is 2.94. The van der Waals surface area contributed by atoms with Crippen molar-refractivity contribution in [2.45, 2.75) is 39.8 Å². The second-order valence-electron chi connectivity index (χ2n) is 6.04. The van der Waals surface area contributed by atoms with Crippen molar-refractivity contribution in [1.29, 1.82) is 0 Å². The Balaban J connectivity index is 0. The van der Waals surface area contributed by atoms with Gasteiger partial charge in [-0.3, -0.25) is 4.79 Å². The summed E-state index contributed by atoms with van der Waals surface area (Å²) in [5.74, 6) is -0.249. The maximum atomic E-state index is 13.8. The maximum absolute atomic E-state index is 13.8. The highest BCUT2D eigenvalue weighted by Crippen LogP contribution is 2.25. The van der Waals surface area contributed by atoms with Crippen LogP contribution in [0.2, 0.25) is 0 Å². The molecule has 0 bridgehead atoms. The van der Waals surface area contributed by atoms with Crippen molar-refractivity contribution in [3.05, 3.63) is 35.1 Å². The van der Waals surface area contributed by atoms with Crippen molar-refractivity contribution in [3.63, 3.8) is 0 Å². The second kappa shape index (κ2) is 11.6. The van der Waals surface area contributed by atoms with Crippen LogP contribution >= 0.6 is 24.8 Å². The topological polar surface area (TPSA) is 58.4 Å². The first kappa shape index (κ1) is 25.4. The van der Waals surface area contributed by atoms with Gasteiger partial charge in [0.25, 0.3) is 0 Å². The summed E-state index contributed by atoms with van der Waals surface area (Å²) in [6.07, 6.45) is 1.42. The molecule has 0 atom stereocenters. The molecule has 0 heterocycles. The summed E-state index contributed by atoms with van der Waals surface area (Å²) in [7, 11) is 3.79. The normalized spacial score (nSPS) is 10.8. The fraction of sp³-hybridized carbons (Fsp3) is 0.588. The highest BCUT2D eigenvalue weighted by molar-refractivity contribution is 5.85. The molecular weight excluding hydrogens is 352 g/mol. The molecule has 1 aromatic rings. The second-order valence-corrected chi connectivity index (χ2v) is 6.04. The van der Waals surface area contributed by atoms with Crippen LogP contribution in [0.25, 0.3) is 0 Å². The predicted octanol–water partition coefficient (Wildman–Crippen LogP) is 3.11. The van der Waals surface area contributed by atoms with Crippen LogP contribution in [-0.2, 0) is 17.9 Å². The van der Waals surface area contributed by atoms with Crippen molar-refractivity contribution >= 4 is 30.7 Å². The molecule has 0 fully saturated rings. The van der Waals surface area contributed by atoms with Crippen LogP contribution in [0, 0.1) is 11.2 Å². The van der Waals surface area contributed by atoms with Crippen molar-refractivity contribution in [2.75, 3.05) is 20.6 Å². The number of rotatable bonds is 8. The Bertz CT molecular complexity index is 500. The number of benzene rings is 1. The molecule has 0 aliphatic carbocycles. The maximum Gasteiger partial charge on any atom is 0.227 e. The van der Waals surface area contributed by atoms with Gasteiger partial charge in [0.05, 0.1) is 5.41 Å². The fourth-order valence-electron chi connectivity index (χ4n) is 2.52. The number of carbonyl (C=O) groups is 1. The molecule has 0 saturated carbocycles. The van der Waals surface area contributed by atoms with E-state index in [2.05, 4.69) is 5.32 Å². The van der Waals surface area contributed by atoms with E-state index in [9.17, 15) is 9.18 Å². The first-order valence-electron chi connectivity index (χ1n) is 7.79. The Morgan fingerprint density at radius 3 is 2.29 bits per heavy atom. The van der Waals surface area contributed by atoms with Gasteiger partial charge in [-0.05, 0) is 44.6 Å². The van der Waals surface area contributed by atoms with Crippen LogP contribution in [0.3, 0.4) is 0 Å². The number of hydrogen-bond donors (Lipinski definition) is 2. The molecule has 4 nitrogen and oxygen atoms in total. The number of nitrogens with zero attached hydrogens (tertiary/aromatic N) is 1. The average molecular weight is 382 g/mol. The molecule has 7 heteroatoms. The van der Waals surface area contributed by atoms with Crippen LogP contribution in [0.4, 0.5) is 4.39 Å². The molecule has 1 aromatic carbocycles. The zero-order valence-electron chi connectivity index (χ0n) is 14.9. The summed E-state index contributed by atoms with van der Waals surface area (Å²) in [6.45, 7) is 5.21. The summed E-state index contributed by atoms with van der Waals surface area (Å²) >= 11 is 0. The van der Waals surface area contributed by atoms with E-state index < -0.39 is 5.41 Å². The zero-order chi connectivity index (χ0) is 16.8. The van der Waals surface area contributed by atoms with Gasteiger partial charge in [-0.25, -0.2) is 4.39 Å². The largest absolute Gasteiger partial charge is 0.352 e. The van der Waals surface area contributed by atoms with Gasteiger partial charge in [0.2, 0.25) is 5.91 Å².